The Morgan fingerprint density at radius 1 is 1.00 bits per heavy atom. The molecular weight excluding hydrogens is 356 g/mol. The Bertz CT molecular complexity index is 807. The third-order valence-corrected chi connectivity index (χ3v) is 2.92. The fourth-order valence-corrected chi connectivity index (χ4v) is 2.05. The molecule has 0 aliphatic rings. The molecule has 0 unspecified atom stereocenters. The van der Waals surface area contributed by atoms with Crippen LogP contribution in [0.5, 0.6) is 0 Å². The molecule has 0 spiro atoms. The highest BCUT2D eigenvalue weighted by Crippen LogP contribution is 2.49. The molecule has 0 saturated heterocycles. The van der Waals surface area contributed by atoms with Gasteiger partial charge in [-0.05, 0) is 18.2 Å². The second-order valence-corrected chi connectivity index (χ2v) is 4.48. The summed E-state index contributed by atoms with van der Waals surface area (Å²) in [5, 5.41) is 10.9. The minimum absolute atomic E-state index is 0.245. The van der Waals surface area contributed by atoms with Crippen molar-refractivity contribution >= 4 is 5.69 Å². The van der Waals surface area contributed by atoms with Crippen molar-refractivity contribution in [2.75, 3.05) is 0 Å². The van der Waals surface area contributed by atoms with Gasteiger partial charge in [-0.15, -0.1) is 0 Å². The van der Waals surface area contributed by atoms with Crippen LogP contribution in [-0.2, 0) is 12.4 Å². The summed E-state index contributed by atoms with van der Waals surface area (Å²) < 4.78 is 104. The molecule has 1 aromatic carbocycles. The lowest BCUT2D eigenvalue weighted by atomic mass is 10.1. The van der Waals surface area contributed by atoms with Crippen LogP contribution in [0.1, 0.15) is 11.3 Å². The predicted molar refractivity (Wildman–Crippen MR) is 62.8 cm³/mol. The Balaban J connectivity index is 2.95. The SMILES string of the molecule is O=[N+]([O-])c1c(-c2cc(F)ccc2F)[nH]c(C(F)(F)F)c1C(F)(F)F. The second kappa shape index (κ2) is 5.46. The summed E-state index contributed by atoms with van der Waals surface area (Å²) in [7, 11) is 0. The molecule has 0 radical (unpaired) electrons. The standard InChI is InChI=1S/C12H4F8N2O2/c13-4-1-2-6(14)5(3-4)8-9(22(23)24)7(11(15,16)17)10(21-8)12(18,19)20/h1-3,21H. The first-order valence-electron chi connectivity index (χ1n) is 5.84. The zero-order valence-electron chi connectivity index (χ0n) is 11.0. The van der Waals surface area contributed by atoms with E-state index >= 15 is 0 Å². The maximum absolute atomic E-state index is 13.7. The van der Waals surface area contributed by atoms with Crippen LogP contribution in [0, 0.1) is 21.7 Å². The van der Waals surface area contributed by atoms with Crippen molar-refractivity contribution in [1.29, 1.82) is 0 Å². The minimum atomic E-state index is -5.76. The molecule has 0 bridgehead atoms. The normalized spacial score (nSPS) is 12.5. The summed E-state index contributed by atoms with van der Waals surface area (Å²) in [4.78, 5) is 10.3. The molecule has 1 N–H and O–H groups in total. The summed E-state index contributed by atoms with van der Waals surface area (Å²) in [6.45, 7) is 0. The van der Waals surface area contributed by atoms with E-state index in [4.69, 9.17) is 0 Å². The van der Waals surface area contributed by atoms with Gasteiger partial charge in [-0.25, -0.2) is 8.78 Å². The molecule has 12 heteroatoms. The number of hydrogen-bond acceptors (Lipinski definition) is 2. The van der Waals surface area contributed by atoms with Gasteiger partial charge in [0.1, 0.15) is 23.0 Å². The number of nitrogens with one attached hydrogen (secondary N) is 1. The van der Waals surface area contributed by atoms with Gasteiger partial charge in [-0.2, -0.15) is 26.3 Å². The summed E-state index contributed by atoms with van der Waals surface area (Å²) in [5.74, 6) is -2.65. The van der Waals surface area contributed by atoms with Gasteiger partial charge >= 0.3 is 18.0 Å². The molecule has 0 atom stereocenters. The average molecular weight is 360 g/mol. The monoisotopic (exact) mass is 360 g/mol. The Morgan fingerprint density at radius 3 is 2.04 bits per heavy atom. The van der Waals surface area contributed by atoms with Gasteiger partial charge in [-0.3, -0.25) is 10.1 Å². The van der Waals surface area contributed by atoms with Gasteiger partial charge in [0.25, 0.3) is 0 Å². The number of rotatable bonds is 2. The van der Waals surface area contributed by atoms with E-state index in [0.29, 0.717) is 12.1 Å². The summed E-state index contributed by atoms with van der Waals surface area (Å²) in [5.41, 5.74) is -9.70. The Morgan fingerprint density at radius 2 is 1.58 bits per heavy atom. The number of hydrogen-bond donors (Lipinski definition) is 1. The maximum Gasteiger partial charge on any atom is 0.432 e. The van der Waals surface area contributed by atoms with Crippen molar-refractivity contribution in [1.82, 2.24) is 4.98 Å². The zero-order chi connectivity index (χ0) is 18.4. The molecule has 1 heterocycles. The van der Waals surface area contributed by atoms with E-state index in [2.05, 4.69) is 0 Å². The van der Waals surface area contributed by atoms with Gasteiger partial charge in [0, 0.05) is 5.56 Å². The molecule has 1 aromatic heterocycles. The van der Waals surface area contributed by atoms with E-state index < -0.39 is 57.1 Å². The zero-order valence-corrected chi connectivity index (χ0v) is 11.0. The van der Waals surface area contributed by atoms with Crippen LogP contribution in [0.25, 0.3) is 11.3 Å². The fourth-order valence-electron chi connectivity index (χ4n) is 2.05. The smallest absolute Gasteiger partial charge is 0.345 e. The lowest BCUT2D eigenvalue weighted by Gasteiger charge is -2.09. The number of aromatic nitrogens is 1. The van der Waals surface area contributed by atoms with Crippen LogP contribution >= 0.6 is 0 Å². The van der Waals surface area contributed by atoms with Crippen LogP contribution < -0.4 is 0 Å². The Labute approximate surface area is 126 Å². The number of H-pyrrole nitrogens is 1. The number of halogens is 8. The van der Waals surface area contributed by atoms with Crippen LogP contribution in [0.3, 0.4) is 0 Å². The van der Waals surface area contributed by atoms with Crippen LogP contribution in [0.2, 0.25) is 0 Å². The van der Waals surface area contributed by atoms with E-state index in [1.807, 2.05) is 0 Å². The molecule has 0 amide bonds. The fraction of sp³-hybridized carbons (Fsp3) is 0.167. The highest BCUT2D eigenvalue weighted by Gasteiger charge is 2.52. The molecule has 4 nitrogen and oxygen atoms in total. The molecule has 0 aliphatic heterocycles. The predicted octanol–water partition coefficient (Wildman–Crippen LogP) is 4.91. The van der Waals surface area contributed by atoms with Crippen LogP contribution in [0.4, 0.5) is 40.8 Å². The number of aromatic amines is 1. The summed E-state index contributed by atoms with van der Waals surface area (Å²) in [6.07, 6.45) is -11.4. The molecule has 0 fully saturated rings. The van der Waals surface area contributed by atoms with Crippen LogP contribution in [-0.4, -0.2) is 9.91 Å². The maximum atomic E-state index is 13.7. The van der Waals surface area contributed by atoms with Gasteiger partial charge < -0.3 is 4.98 Å². The van der Waals surface area contributed by atoms with Crippen molar-refractivity contribution in [3.63, 3.8) is 0 Å². The van der Waals surface area contributed by atoms with Crippen molar-refractivity contribution < 1.29 is 40.0 Å². The number of nitro groups is 1. The van der Waals surface area contributed by atoms with E-state index in [1.165, 1.54) is 4.98 Å². The largest absolute Gasteiger partial charge is 0.432 e. The topological polar surface area (TPSA) is 58.9 Å². The molecule has 0 saturated carbocycles. The van der Waals surface area contributed by atoms with E-state index in [9.17, 15) is 45.2 Å². The third-order valence-electron chi connectivity index (χ3n) is 2.92. The first-order chi connectivity index (χ1) is 10.8. The number of alkyl halides is 6. The van der Waals surface area contributed by atoms with Gasteiger partial charge in [0.15, 0.2) is 5.56 Å². The quantitative estimate of drug-likeness (QED) is 0.470. The van der Waals surface area contributed by atoms with Gasteiger partial charge in [0.2, 0.25) is 0 Å². The second-order valence-electron chi connectivity index (χ2n) is 4.48. The van der Waals surface area contributed by atoms with E-state index in [1.54, 1.807) is 0 Å². The van der Waals surface area contributed by atoms with Crippen molar-refractivity contribution in [2.24, 2.45) is 0 Å². The molecule has 2 aromatic rings. The van der Waals surface area contributed by atoms with Crippen molar-refractivity contribution in [3.05, 3.63) is 51.2 Å². The number of nitrogens with zero attached hydrogens (tertiary/aromatic N) is 1. The van der Waals surface area contributed by atoms with Crippen molar-refractivity contribution in [3.8, 4) is 11.3 Å². The molecule has 130 valence electrons. The lowest BCUT2D eigenvalue weighted by Crippen LogP contribution is -2.16. The average Bonchev–Trinajstić information content (AvgIpc) is 2.81. The Kier molecular flexibility index (Phi) is 4.02. The van der Waals surface area contributed by atoms with Gasteiger partial charge in [0.05, 0.1) is 4.92 Å². The highest BCUT2D eigenvalue weighted by molar-refractivity contribution is 5.75. The first kappa shape index (κ1) is 17.7. The molecule has 0 aliphatic carbocycles. The van der Waals surface area contributed by atoms with Crippen molar-refractivity contribution in [2.45, 2.75) is 12.4 Å². The number of benzene rings is 1. The van der Waals surface area contributed by atoms with Crippen LogP contribution in [0.15, 0.2) is 18.2 Å². The highest BCUT2D eigenvalue weighted by atomic mass is 19.4. The lowest BCUT2D eigenvalue weighted by molar-refractivity contribution is -0.387. The van der Waals surface area contributed by atoms with E-state index in [0.717, 1.165) is 0 Å². The molecular formula is C12H4F8N2O2. The summed E-state index contributed by atoms with van der Waals surface area (Å²) >= 11 is 0. The Hall–Kier alpha value is -2.66. The summed E-state index contributed by atoms with van der Waals surface area (Å²) in [6, 6.07) is 1.20. The molecule has 2 rings (SSSR count). The first-order valence-corrected chi connectivity index (χ1v) is 5.84. The van der Waals surface area contributed by atoms with E-state index in [-0.39, 0.29) is 6.07 Å². The molecule has 24 heavy (non-hydrogen) atoms. The van der Waals surface area contributed by atoms with Gasteiger partial charge in [-0.1, -0.05) is 0 Å². The third kappa shape index (κ3) is 3.03. The minimum Gasteiger partial charge on any atom is -0.345 e.